The van der Waals surface area contributed by atoms with Crippen molar-refractivity contribution in [3.63, 3.8) is 0 Å². The molecule has 0 radical (unpaired) electrons. The van der Waals surface area contributed by atoms with Crippen molar-refractivity contribution < 1.29 is 9.90 Å². The molecular formula is C14H19ClN2O2. The minimum Gasteiger partial charge on any atom is -0.507 e. The van der Waals surface area contributed by atoms with E-state index >= 15 is 0 Å². The van der Waals surface area contributed by atoms with Crippen molar-refractivity contribution in [3.8, 4) is 5.75 Å². The number of likely N-dealkylation sites (tertiary alicyclic amines) is 1. The van der Waals surface area contributed by atoms with Crippen LogP contribution in [-0.2, 0) is 0 Å². The molecule has 2 atom stereocenters. The van der Waals surface area contributed by atoms with Crippen LogP contribution >= 0.6 is 11.6 Å². The maximum absolute atomic E-state index is 12.5. The molecule has 3 N–H and O–H groups in total. The van der Waals surface area contributed by atoms with E-state index < -0.39 is 0 Å². The SMILES string of the molecule is CC(N)C1CCCCN1C(=O)c1cc(Cl)ccc1O. The normalized spacial score (nSPS) is 21.2. The van der Waals surface area contributed by atoms with E-state index in [1.165, 1.54) is 12.1 Å². The fourth-order valence-electron chi connectivity index (χ4n) is 2.59. The third-order valence-corrected chi connectivity index (χ3v) is 3.84. The van der Waals surface area contributed by atoms with E-state index in [0.29, 0.717) is 11.6 Å². The Morgan fingerprint density at radius 3 is 2.95 bits per heavy atom. The Bertz CT molecular complexity index is 477. The van der Waals surface area contributed by atoms with Crippen molar-refractivity contribution in [1.82, 2.24) is 4.90 Å². The van der Waals surface area contributed by atoms with Gasteiger partial charge in [-0.05, 0) is 44.4 Å². The first-order valence-electron chi connectivity index (χ1n) is 6.56. The molecule has 1 aromatic rings. The highest BCUT2D eigenvalue weighted by atomic mass is 35.5. The molecule has 4 nitrogen and oxygen atoms in total. The Kier molecular flexibility index (Phi) is 4.32. The number of rotatable bonds is 2. The molecule has 104 valence electrons. The standard InChI is InChI=1S/C14H19ClN2O2/c1-9(16)12-4-2-3-7-17(12)14(19)11-8-10(15)5-6-13(11)18/h5-6,8-9,12,18H,2-4,7,16H2,1H3. The van der Waals surface area contributed by atoms with E-state index in [-0.39, 0.29) is 29.3 Å². The van der Waals surface area contributed by atoms with E-state index in [1.807, 2.05) is 6.92 Å². The summed E-state index contributed by atoms with van der Waals surface area (Å²) in [5, 5.41) is 10.3. The first-order chi connectivity index (χ1) is 9.00. The molecule has 1 aliphatic heterocycles. The number of piperidine rings is 1. The molecule has 2 unspecified atom stereocenters. The second-order valence-electron chi connectivity index (χ2n) is 5.08. The molecule has 0 bridgehead atoms. The van der Waals surface area contributed by atoms with Gasteiger partial charge < -0.3 is 15.7 Å². The molecule has 0 spiro atoms. The number of phenols is 1. The van der Waals surface area contributed by atoms with E-state index in [1.54, 1.807) is 11.0 Å². The first-order valence-corrected chi connectivity index (χ1v) is 6.93. The number of aromatic hydroxyl groups is 1. The van der Waals surface area contributed by atoms with Gasteiger partial charge in [0.25, 0.3) is 5.91 Å². The van der Waals surface area contributed by atoms with Gasteiger partial charge in [0, 0.05) is 23.7 Å². The zero-order valence-electron chi connectivity index (χ0n) is 11.0. The maximum Gasteiger partial charge on any atom is 0.257 e. The summed E-state index contributed by atoms with van der Waals surface area (Å²) in [5.74, 6) is -0.231. The minimum atomic E-state index is -0.193. The van der Waals surface area contributed by atoms with Gasteiger partial charge in [-0.15, -0.1) is 0 Å². The molecule has 0 saturated carbocycles. The number of carbonyl (C=O) groups is 1. The molecular weight excluding hydrogens is 264 g/mol. The van der Waals surface area contributed by atoms with Gasteiger partial charge in [0.15, 0.2) is 0 Å². The molecule has 1 aromatic carbocycles. The molecule has 2 rings (SSSR count). The van der Waals surface area contributed by atoms with Crippen molar-refractivity contribution in [2.45, 2.75) is 38.3 Å². The van der Waals surface area contributed by atoms with Crippen LogP contribution < -0.4 is 5.73 Å². The Labute approximate surface area is 118 Å². The third kappa shape index (κ3) is 3.01. The minimum absolute atomic E-state index is 0.0274. The fraction of sp³-hybridized carbons (Fsp3) is 0.500. The number of halogens is 1. The van der Waals surface area contributed by atoms with Crippen LogP contribution in [0, 0.1) is 0 Å². The van der Waals surface area contributed by atoms with Gasteiger partial charge in [0.2, 0.25) is 0 Å². The van der Waals surface area contributed by atoms with Crippen LogP contribution in [0.4, 0.5) is 0 Å². The molecule has 1 fully saturated rings. The molecule has 19 heavy (non-hydrogen) atoms. The van der Waals surface area contributed by atoms with E-state index in [2.05, 4.69) is 0 Å². The predicted molar refractivity (Wildman–Crippen MR) is 75.4 cm³/mol. The summed E-state index contributed by atoms with van der Waals surface area (Å²) in [6.45, 7) is 2.59. The Hall–Kier alpha value is -1.26. The van der Waals surface area contributed by atoms with Gasteiger partial charge in [0.05, 0.1) is 5.56 Å². The Morgan fingerprint density at radius 1 is 1.53 bits per heavy atom. The van der Waals surface area contributed by atoms with E-state index in [0.717, 1.165) is 19.3 Å². The topological polar surface area (TPSA) is 66.6 Å². The van der Waals surface area contributed by atoms with Crippen molar-refractivity contribution in [2.24, 2.45) is 5.73 Å². The summed E-state index contributed by atoms with van der Waals surface area (Å²) in [7, 11) is 0. The lowest BCUT2D eigenvalue weighted by atomic mass is 9.96. The first kappa shape index (κ1) is 14.2. The summed E-state index contributed by atoms with van der Waals surface area (Å²) >= 11 is 5.89. The van der Waals surface area contributed by atoms with Gasteiger partial charge >= 0.3 is 0 Å². The van der Waals surface area contributed by atoms with Gasteiger partial charge in [-0.2, -0.15) is 0 Å². The van der Waals surface area contributed by atoms with Gasteiger partial charge in [-0.25, -0.2) is 0 Å². The summed E-state index contributed by atoms with van der Waals surface area (Å²) < 4.78 is 0. The van der Waals surface area contributed by atoms with Crippen molar-refractivity contribution in [1.29, 1.82) is 0 Å². The highest BCUT2D eigenvalue weighted by molar-refractivity contribution is 6.31. The molecule has 0 aromatic heterocycles. The summed E-state index contributed by atoms with van der Waals surface area (Å²) in [6, 6.07) is 4.46. The second-order valence-corrected chi connectivity index (χ2v) is 5.52. The number of carbonyl (C=O) groups excluding carboxylic acids is 1. The highest BCUT2D eigenvalue weighted by Gasteiger charge is 2.30. The average Bonchev–Trinajstić information content (AvgIpc) is 2.40. The molecule has 1 saturated heterocycles. The van der Waals surface area contributed by atoms with E-state index in [4.69, 9.17) is 17.3 Å². The number of nitrogens with zero attached hydrogens (tertiary/aromatic N) is 1. The fourth-order valence-corrected chi connectivity index (χ4v) is 2.76. The number of nitrogens with two attached hydrogens (primary N) is 1. The van der Waals surface area contributed by atoms with Crippen LogP contribution in [0.25, 0.3) is 0 Å². The van der Waals surface area contributed by atoms with Gasteiger partial charge in [-0.3, -0.25) is 4.79 Å². The second kappa shape index (κ2) is 5.80. The lowest BCUT2D eigenvalue weighted by Gasteiger charge is -2.38. The van der Waals surface area contributed by atoms with Crippen LogP contribution in [0.2, 0.25) is 5.02 Å². The quantitative estimate of drug-likeness (QED) is 0.875. The summed E-state index contributed by atoms with van der Waals surface area (Å²) in [6.07, 6.45) is 2.96. The van der Waals surface area contributed by atoms with Crippen molar-refractivity contribution in [2.75, 3.05) is 6.54 Å². The van der Waals surface area contributed by atoms with Gasteiger partial charge in [0.1, 0.15) is 5.75 Å². The van der Waals surface area contributed by atoms with E-state index in [9.17, 15) is 9.90 Å². The average molecular weight is 283 g/mol. The summed E-state index contributed by atoms with van der Waals surface area (Å²) in [4.78, 5) is 14.3. The maximum atomic E-state index is 12.5. The number of hydrogen-bond acceptors (Lipinski definition) is 3. The number of hydrogen-bond donors (Lipinski definition) is 2. The monoisotopic (exact) mass is 282 g/mol. The third-order valence-electron chi connectivity index (χ3n) is 3.61. The lowest BCUT2D eigenvalue weighted by molar-refractivity contribution is 0.0581. The van der Waals surface area contributed by atoms with Crippen LogP contribution in [-0.4, -0.2) is 34.5 Å². The lowest BCUT2D eigenvalue weighted by Crippen LogP contribution is -2.51. The van der Waals surface area contributed by atoms with Gasteiger partial charge in [-0.1, -0.05) is 11.6 Å². The zero-order valence-corrected chi connectivity index (χ0v) is 11.7. The van der Waals surface area contributed by atoms with Crippen LogP contribution in [0.1, 0.15) is 36.5 Å². The molecule has 1 amide bonds. The predicted octanol–water partition coefficient (Wildman–Crippen LogP) is 2.39. The van der Waals surface area contributed by atoms with Crippen molar-refractivity contribution >= 4 is 17.5 Å². The molecule has 1 heterocycles. The highest BCUT2D eigenvalue weighted by Crippen LogP contribution is 2.27. The Morgan fingerprint density at radius 2 is 2.26 bits per heavy atom. The summed E-state index contributed by atoms with van der Waals surface area (Å²) in [5.41, 5.74) is 6.21. The zero-order chi connectivity index (χ0) is 14.0. The number of amides is 1. The van der Waals surface area contributed by atoms with Crippen LogP contribution in [0.3, 0.4) is 0 Å². The molecule has 5 heteroatoms. The molecule has 1 aliphatic rings. The number of phenolic OH excluding ortho intramolecular Hbond substituents is 1. The Balaban J connectivity index is 2.28. The van der Waals surface area contributed by atoms with Crippen molar-refractivity contribution in [3.05, 3.63) is 28.8 Å². The smallest absolute Gasteiger partial charge is 0.257 e. The largest absolute Gasteiger partial charge is 0.507 e. The molecule has 0 aliphatic carbocycles. The van der Waals surface area contributed by atoms with Crippen LogP contribution in [0.15, 0.2) is 18.2 Å². The van der Waals surface area contributed by atoms with Crippen LogP contribution in [0.5, 0.6) is 5.75 Å². The number of benzene rings is 1.